The van der Waals surface area contributed by atoms with E-state index in [1.807, 2.05) is 30.6 Å². The number of carbonyl (C=O) groups is 1. The fourth-order valence-electron chi connectivity index (χ4n) is 4.47. The largest absolute Gasteiger partial charge is 0.451 e. The highest BCUT2D eigenvalue weighted by Gasteiger charge is 2.40. The Kier molecular flexibility index (Phi) is 6.40. The quantitative estimate of drug-likeness (QED) is 0.495. The third-order valence-electron chi connectivity index (χ3n) is 6.28. The molecule has 0 spiro atoms. The zero-order valence-corrected chi connectivity index (χ0v) is 22.0. The van der Waals surface area contributed by atoms with Crippen LogP contribution >= 0.6 is 11.3 Å². The van der Waals surface area contributed by atoms with Gasteiger partial charge in [-0.15, -0.1) is 21.5 Å². The second-order valence-electron chi connectivity index (χ2n) is 10.1. The first kappa shape index (κ1) is 25.5. The highest BCUT2D eigenvalue weighted by atomic mass is 32.1. The lowest BCUT2D eigenvalue weighted by Crippen LogP contribution is -2.50. The van der Waals surface area contributed by atoms with Gasteiger partial charge in [-0.25, -0.2) is 9.78 Å². The molecule has 0 aromatic carbocycles. The van der Waals surface area contributed by atoms with Gasteiger partial charge in [0.1, 0.15) is 16.2 Å². The zero-order valence-electron chi connectivity index (χ0n) is 21.2. The fraction of sp³-hybridized carbons (Fsp3) is 0.609. The summed E-state index contributed by atoms with van der Waals surface area (Å²) in [4.78, 5) is 29.8. The molecule has 0 aliphatic carbocycles. The van der Waals surface area contributed by atoms with Gasteiger partial charge in [-0.1, -0.05) is 6.92 Å². The molecule has 14 heteroatoms. The monoisotopic (exact) mass is 538 g/mol. The van der Waals surface area contributed by atoms with Crippen molar-refractivity contribution in [3.63, 3.8) is 0 Å². The summed E-state index contributed by atoms with van der Waals surface area (Å²) in [6, 6.07) is 2.06. The molecule has 2 aliphatic rings. The summed E-state index contributed by atoms with van der Waals surface area (Å²) in [5.74, 6) is 0.498. The van der Waals surface area contributed by atoms with Crippen molar-refractivity contribution in [2.45, 2.75) is 59.0 Å². The van der Waals surface area contributed by atoms with Crippen LogP contribution < -0.4 is 9.80 Å². The Balaban J connectivity index is 1.41. The van der Waals surface area contributed by atoms with E-state index in [0.717, 1.165) is 26.1 Å². The van der Waals surface area contributed by atoms with E-state index < -0.39 is 17.6 Å². The molecule has 37 heavy (non-hydrogen) atoms. The van der Waals surface area contributed by atoms with Gasteiger partial charge in [0.05, 0.1) is 11.9 Å². The molecule has 0 unspecified atom stereocenters. The van der Waals surface area contributed by atoms with Gasteiger partial charge in [-0.2, -0.15) is 18.2 Å². The second-order valence-corrected chi connectivity index (χ2v) is 11.2. The number of rotatable bonds is 3. The number of hydrogen-bond donors (Lipinski definition) is 0. The average molecular weight is 539 g/mol. The molecule has 1 amide bonds. The number of alkyl halides is 3. The van der Waals surface area contributed by atoms with Gasteiger partial charge < -0.3 is 24.0 Å². The molecule has 5 heterocycles. The van der Waals surface area contributed by atoms with Crippen molar-refractivity contribution in [3.8, 4) is 0 Å². The van der Waals surface area contributed by atoms with Crippen LogP contribution in [-0.4, -0.2) is 74.1 Å². The Bertz CT molecular complexity index is 1310. The topological polar surface area (TPSA) is 92.5 Å². The van der Waals surface area contributed by atoms with Crippen LogP contribution in [0.1, 0.15) is 44.2 Å². The van der Waals surface area contributed by atoms with Crippen LogP contribution in [0.2, 0.25) is 0 Å². The van der Waals surface area contributed by atoms with Gasteiger partial charge in [0.2, 0.25) is 11.8 Å². The van der Waals surface area contributed by atoms with Gasteiger partial charge in [0.15, 0.2) is 5.82 Å². The highest BCUT2D eigenvalue weighted by Crippen LogP contribution is 2.36. The lowest BCUT2D eigenvalue weighted by Gasteiger charge is -2.36. The molecule has 1 fully saturated rings. The van der Waals surface area contributed by atoms with E-state index >= 15 is 0 Å². The van der Waals surface area contributed by atoms with Crippen molar-refractivity contribution in [2.24, 2.45) is 0 Å². The SMILES string of the molecule is CCc1cc2c(N3CCn4c(nnc4C(F)(F)F)C3)nc(N3CCN(C(=O)OC(C)(C)C)CC3)nc2s1. The minimum atomic E-state index is -4.55. The average Bonchev–Trinajstić information content (AvgIpc) is 3.46. The van der Waals surface area contributed by atoms with E-state index in [1.54, 1.807) is 16.2 Å². The smallest absolute Gasteiger partial charge is 0.444 e. The van der Waals surface area contributed by atoms with Crippen molar-refractivity contribution < 1.29 is 22.7 Å². The minimum absolute atomic E-state index is 0.108. The number of anilines is 2. The lowest BCUT2D eigenvalue weighted by molar-refractivity contribution is -0.147. The van der Waals surface area contributed by atoms with Crippen molar-refractivity contribution in [1.29, 1.82) is 0 Å². The first-order valence-electron chi connectivity index (χ1n) is 12.2. The number of thiophene rings is 1. The first-order chi connectivity index (χ1) is 17.4. The van der Waals surface area contributed by atoms with E-state index in [4.69, 9.17) is 14.7 Å². The third-order valence-corrected chi connectivity index (χ3v) is 7.45. The predicted octanol–water partition coefficient (Wildman–Crippen LogP) is 3.94. The van der Waals surface area contributed by atoms with Crippen molar-refractivity contribution in [2.75, 3.05) is 42.5 Å². The molecule has 1 saturated heterocycles. The molecule has 0 radical (unpaired) electrons. The molecule has 3 aromatic heterocycles. The van der Waals surface area contributed by atoms with E-state index in [1.165, 1.54) is 0 Å². The molecule has 0 atom stereocenters. The summed E-state index contributed by atoms with van der Waals surface area (Å²) < 4.78 is 46.5. The van der Waals surface area contributed by atoms with Crippen LogP contribution in [0.3, 0.4) is 0 Å². The second kappa shape index (κ2) is 9.30. The Labute approximate surface area is 216 Å². The Morgan fingerprint density at radius 1 is 1.03 bits per heavy atom. The predicted molar refractivity (Wildman–Crippen MR) is 133 cm³/mol. The van der Waals surface area contributed by atoms with Crippen LogP contribution in [0.5, 0.6) is 0 Å². The van der Waals surface area contributed by atoms with E-state index in [9.17, 15) is 18.0 Å². The number of nitrogens with zero attached hydrogens (tertiary/aromatic N) is 8. The number of carbonyl (C=O) groups excluding carboxylic acids is 1. The van der Waals surface area contributed by atoms with Crippen LogP contribution in [0.4, 0.5) is 29.7 Å². The summed E-state index contributed by atoms with van der Waals surface area (Å²) in [7, 11) is 0. The number of aryl methyl sites for hydroxylation is 1. The van der Waals surface area contributed by atoms with Gasteiger partial charge in [-0.3, -0.25) is 0 Å². The summed E-state index contributed by atoms with van der Waals surface area (Å²) in [6.45, 7) is 10.2. The normalized spacial score (nSPS) is 16.9. The van der Waals surface area contributed by atoms with E-state index in [2.05, 4.69) is 23.2 Å². The molecular weight excluding hydrogens is 509 g/mol. The molecule has 0 bridgehead atoms. The molecule has 200 valence electrons. The highest BCUT2D eigenvalue weighted by molar-refractivity contribution is 7.18. The van der Waals surface area contributed by atoms with Gasteiger partial charge in [0, 0.05) is 44.1 Å². The summed E-state index contributed by atoms with van der Waals surface area (Å²) in [5, 5.41) is 8.08. The Morgan fingerprint density at radius 2 is 1.73 bits per heavy atom. The van der Waals surface area contributed by atoms with Gasteiger partial charge in [-0.05, 0) is 33.3 Å². The molecule has 0 N–H and O–H groups in total. The molecule has 5 rings (SSSR count). The number of hydrogen-bond acceptors (Lipinski definition) is 9. The summed E-state index contributed by atoms with van der Waals surface area (Å²) >= 11 is 1.59. The third kappa shape index (κ3) is 5.15. The van der Waals surface area contributed by atoms with Crippen LogP contribution in [0.25, 0.3) is 10.2 Å². The number of halogens is 3. The number of amides is 1. The van der Waals surface area contributed by atoms with E-state index in [0.29, 0.717) is 44.5 Å². The van der Waals surface area contributed by atoms with Crippen molar-refractivity contribution >= 4 is 39.4 Å². The summed E-state index contributed by atoms with van der Waals surface area (Å²) in [6.07, 6.45) is -4.05. The number of aromatic nitrogens is 5. The first-order valence-corrected chi connectivity index (χ1v) is 13.0. The minimum Gasteiger partial charge on any atom is -0.444 e. The van der Waals surface area contributed by atoms with Gasteiger partial charge >= 0.3 is 12.3 Å². The number of ether oxygens (including phenoxy) is 1. The van der Waals surface area contributed by atoms with E-state index in [-0.39, 0.29) is 25.0 Å². The molecule has 0 saturated carbocycles. The molecule has 10 nitrogen and oxygen atoms in total. The maximum atomic E-state index is 13.3. The van der Waals surface area contributed by atoms with Crippen LogP contribution in [0.15, 0.2) is 6.07 Å². The van der Waals surface area contributed by atoms with Crippen molar-refractivity contribution in [1.82, 2.24) is 29.6 Å². The molecular formula is C23H29F3N8O2S. The molecule has 3 aromatic rings. The zero-order chi connectivity index (χ0) is 26.5. The standard InChI is InChI=1S/C23H29F3N8O2S/c1-5-14-12-15-17(33-10-11-34-16(13-33)29-30-19(34)23(24,25)26)27-20(28-18(15)37-14)31-6-8-32(9-7-31)21(35)36-22(2,3)4/h12H,5-11,13H2,1-4H3. The molecule has 2 aliphatic heterocycles. The lowest BCUT2D eigenvalue weighted by atomic mass is 10.2. The summed E-state index contributed by atoms with van der Waals surface area (Å²) in [5.41, 5.74) is -0.563. The number of piperazine rings is 1. The maximum absolute atomic E-state index is 13.3. The van der Waals surface area contributed by atoms with Crippen LogP contribution in [0, 0.1) is 0 Å². The van der Waals surface area contributed by atoms with Gasteiger partial charge in [0.25, 0.3) is 0 Å². The number of fused-ring (bicyclic) bond motifs is 2. The fourth-order valence-corrected chi connectivity index (χ4v) is 5.42. The maximum Gasteiger partial charge on any atom is 0.451 e. The Hall–Kier alpha value is -3.16. The van der Waals surface area contributed by atoms with Crippen LogP contribution in [-0.2, 0) is 30.4 Å². The Morgan fingerprint density at radius 3 is 2.38 bits per heavy atom. The van der Waals surface area contributed by atoms with Crippen molar-refractivity contribution in [3.05, 3.63) is 22.6 Å².